The Hall–Kier alpha value is -3.50. The van der Waals surface area contributed by atoms with Gasteiger partial charge in [-0.25, -0.2) is 18.1 Å². The first-order valence-corrected chi connectivity index (χ1v) is 15.4. The monoisotopic (exact) mass is 592 g/mol. The Balaban J connectivity index is 1.47. The maximum Gasteiger partial charge on any atom is 0.241 e. The average Bonchev–Trinajstić information content (AvgIpc) is 3.39. The minimum absolute atomic E-state index is 0.117. The van der Waals surface area contributed by atoms with Gasteiger partial charge in [-0.2, -0.15) is 0 Å². The van der Waals surface area contributed by atoms with Crippen LogP contribution in [0.4, 0.5) is 5.69 Å². The summed E-state index contributed by atoms with van der Waals surface area (Å²) in [5.74, 6) is 0.596. The molecular weight excluding hydrogens is 560 g/mol. The number of imidazole rings is 1. The largest absolute Gasteiger partial charge is 0.376 e. The van der Waals surface area contributed by atoms with Crippen LogP contribution in [0.3, 0.4) is 0 Å². The molecule has 41 heavy (non-hydrogen) atoms. The van der Waals surface area contributed by atoms with Gasteiger partial charge in [-0.1, -0.05) is 54.1 Å². The lowest BCUT2D eigenvalue weighted by atomic mass is 9.87. The normalized spacial score (nSPS) is 15.7. The van der Waals surface area contributed by atoms with E-state index < -0.39 is 22.2 Å². The number of nitrogens with one attached hydrogen (secondary N) is 1. The number of ether oxygens (including phenoxy) is 1. The molecular formula is C31H33ClN4O4S. The van der Waals surface area contributed by atoms with Crippen LogP contribution in [0.1, 0.15) is 53.9 Å². The molecule has 1 N–H and O–H groups in total. The number of aromatic nitrogens is 2. The second-order valence-corrected chi connectivity index (χ2v) is 12.3. The number of benzene rings is 3. The molecule has 1 aromatic heterocycles. The zero-order chi connectivity index (χ0) is 29.0. The quantitative estimate of drug-likeness (QED) is 0.253. The molecule has 0 radical (unpaired) electrons. The molecule has 0 saturated heterocycles. The van der Waals surface area contributed by atoms with Crippen LogP contribution in [-0.2, 0) is 39.6 Å². The van der Waals surface area contributed by atoms with Gasteiger partial charge in [-0.05, 0) is 66.3 Å². The van der Waals surface area contributed by atoms with Gasteiger partial charge >= 0.3 is 0 Å². The fourth-order valence-electron chi connectivity index (χ4n) is 5.25. The number of amides is 1. The predicted molar refractivity (Wildman–Crippen MR) is 159 cm³/mol. The molecule has 10 heteroatoms. The molecule has 1 amide bonds. The Morgan fingerprint density at radius 2 is 1.95 bits per heavy atom. The maximum atomic E-state index is 13.9. The number of aryl methyl sites for hydroxylation is 2. The van der Waals surface area contributed by atoms with Crippen LogP contribution in [0.25, 0.3) is 0 Å². The molecule has 0 unspecified atom stereocenters. The number of halogens is 1. The fraction of sp³-hybridized carbons (Fsp3) is 0.290. The molecule has 5 rings (SSSR count). The summed E-state index contributed by atoms with van der Waals surface area (Å²) in [7, 11) is -0.326. The van der Waals surface area contributed by atoms with E-state index >= 15 is 0 Å². The molecule has 214 valence electrons. The first-order chi connectivity index (χ1) is 19.7. The van der Waals surface area contributed by atoms with Crippen molar-refractivity contribution in [1.29, 1.82) is 0 Å². The Morgan fingerprint density at radius 1 is 1.15 bits per heavy atom. The lowest BCUT2D eigenvalue weighted by Gasteiger charge is -2.30. The van der Waals surface area contributed by atoms with Crippen molar-refractivity contribution in [3.63, 3.8) is 0 Å². The second kappa shape index (κ2) is 12.6. The number of carbonyl (C=O) groups is 1. The van der Waals surface area contributed by atoms with E-state index in [0.717, 1.165) is 35.4 Å². The summed E-state index contributed by atoms with van der Waals surface area (Å²) in [5, 5.41) is 0.354. The van der Waals surface area contributed by atoms with Crippen LogP contribution in [-0.4, -0.2) is 31.0 Å². The first kappa shape index (κ1) is 29.0. The molecule has 1 aliphatic rings. The Morgan fingerprint density at radius 3 is 2.66 bits per heavy atom. The van der Waals surface area contributed by atoms with Gasteiger partial charge in [0.25, 0.3) is 0 Å². The summed E-state index contributed by atoms with van der Waals surface area (Å²) in [6.45, 7) is 0.255. The molecule has 2 atom stereocenters. The lowest BCUT2D eigenvalue weighted by Crippen LogP contribution is -2.34. The van der Waals surface area contributed by atoms with Gasteiger partial charge in [0, 0.05) is 43.3 Å². The van der Waals surface area contributed by atoms with Crippen molar-refractivity contribution >= 4 is 33.2 Å². The van der Waals surface area contributed by atoms with E-state index in [2.05, 4.69) is 9.71 Å². The summed E-state index contributed by atoms with van der Waals surface area (Å²) in [6, 6.07) is 21.3. The third-order valence-electron chi connectivity index (χ3n) is 7.50. The first-order valence-electron chi connectivity index (χ1n) is 13.5. The minimum Gasteiger partial charge on any atom is -0.376 e. The SMILES string of the molecule is CO[C@@H](CC(=O)N(Cc1nccn1C)c1ccc2c(c1)[C@@H](NS(=O)(=O)c1cccc(Cl)c1)CCC2)c1ccccc1. The summed E-state index contributed by atoms with van der Waals surface area (Å²) in [4.78, 5) is 20.2. The van der Waals surface area contributed by atoms with Gasteiger partial charge in [-0.15, -0.1) is 0 Å². The van der Waals surface area contributed by atoms with Crippen molar-refractivity contribution in [3.05, 3.63) is 113 Å². The molecule has 0 fully saturated rings. The molecule has 1 aliphatic carbocycles. The standard InChI is InChI=1S/C31H33ClN4O4S/c1-35-17-16-33-30(35)21-36(31(37)20-29(40-2)23-8-4-3-5-9-23)25-15-14-22-10-6-13-28(27(22)19-25)34-41(38,39)26-12-7-11-24(32)18-26/h3-5,7-9,11-12,14-19,28-29,34H,6,10,13,20-21H2,1-2H3/t28-,29-/m0/s1. The zero-order valence-corrected chi connectivity index (χ0v) is 24.6. The van der Waals surface area contributed by atoms with Gasteiger partial charge in [0.15, 0.2) is 0 Å². The number of sulfonamides is 1. The highest BCUT2D eigenvalue weighted by Crippen LogP contribution is 2.35. The molecule has 8 nitrogen and oxygen atoms in total. The van der Waals surface area contributed by atoms with E-state index in [0.29, 0.717) is 17.1 Å². The van der Waals surface area contributed by atoms with E-state index in [1.165, 1.54) is 12.1 Å². The van der Waals surface area contributed by atoms with Crippen molar-refractivity contribution in [1.82, 2.24) is 14.3 Å². The van der Waals surface area contributed by atoms with Crippen LogP contribution >= 0.6 is 11.6 Å². The van der Waals surface area contributed by atoms with Crippen molar-refractivity contribution in [2.45, 2.75) is 49.3 Å². The molecule has 3 aromatic carbocycles. The summed E-state index contributed by atoms with van der Waals surface area (Å²) in [5.41, 5.74) is 3.51. The van der Waals surface area contributed by atoms with E-state index in [9.17, 15) is 13.2 Å². The van der Waals surface area contributed by atoms with E-state index in [4.69, 9.17) is 16.3 Å². The molecule has 0 saturated carbocycles. The smallest absolute Gasteiger partial charge is 0.241 e. The molecule has 0 spiro atoms. The number of carbonyl (C=O) groups excluding carboxylic acids is 1. The van der Waals surface area contributed by atoms with E-state index in [1.807, 2.05) is 66.3 Å². The zero-order valence-electron chi connectivity index (χ0n) is 23.0. The molecule has 4 aromatic rings. The van der Waals surface area contributed by atoms with Gasteiger partial charge in [-0.3, -0.25) is 4.79 Å². The maximum absolute atomic E-state index is 13.9. The summed E-state index contributed by atoms with van der Waals surface area (Å²) in [6.07, 6.45) is 5.58. The van der Waals surface area contributed by atoms with Crippen molar-refractivity contribution in [3.8, 4) is 0 Å². The highest BCUT2D eigenvalue weighted by Gasteiger charge is 2.29. The number of hydrogen-bond donors (Lipinski definition) is 1. The number of fused-ring (bicyclic) bond motifs is 1. The van der Waals surface area contributed by atoms with Crippen molar-refractivity contribution in [2.24, 2.45) is 7.05 Å². The Labute approximate surface area is 246 Å². The number of anilines is 1. The number of rotatable bonds is 10. The highest BCUT2D eigenvalue weighted by molar-refractivity contribution is 7.89. The average molecular weight is 593 g/mol. The van der Waals surface area contributed by atoms with Crippen molar-refractivity contribution < 1.29 is 17.9 Å². The van der Waals surface area contributed by atoms with Gasteiger partial charge in [0.05, 0.1) is 24.0 Å². The second-order valence-electron chi connectivity index (χ2n) is 10.2. The van der Waals surface area contributed by atoms with Crippen molar-refractivity contribution in [2.75, 3.05) is 12.0 Å². The Bertz CT molecular complexity index is 1620. The third-order valence-corrected chi connectivity index (χ3v) is 9.20. The summed E-state index contributed by atoms with van der Waals surface area (Å²) < 4.78 is 37.0. The molecule has 0 bridgehead atoms. The van der Waals surface area contributed by atoms with E-state index in [-0.39, 0.29) is 23.8 Å². The van der Waals surface area contributed by atoms with Crippen LogP contribution in [0, 0.1) is 0 Å². The molecule has 1 heterocycles. The number of methoxy groups -OCH3 is 1. The minimum atomic E-state index is -3.82. The number of hydrogen-bond acceptors (Lipinski definition) is 5. The van der Waals surface area contributed by atoms with Crippen LogP contribution < -0.4 is 9.62 Å². The topological polar surface area (TPSA) is 93.5 Å². The predicted octanol–water partition coefficient (Wildman–Crippen LogP) is 5.74. The van der Waals surface area contributed by atoms with Gasteiger partial charge in [0.1, 0.15) is 5.82 Å². The highest BCUT2D eigenvalue weighted by atomic mass is 35.5. The summed E-state index contributed by atoms with van der Waals surface area (Å²) >= 11 is 6.07. The number of nitrogens with zero attached hydrogens (tertiary/aromatic N) is 3. The van der Waals surface area contributed by atoms with Gasteiger partial charge < -0.3 is 14.2 Å². The van der Waals surface area contributed by atoms with Gasteiger partial charge in [0.2, 0.25) is 15.9 Å². The third kappa shape index (κ3) is 6.70. The van der Waals surface area contributed by atoms with Crippen LogP contribution in [0.15, 0.2) is 90.1 Å². The van der Waals surface area contributed by atoms with Crippen LogP contribution in [0.2, 0.25) is 5.02 Å². The van der Waals surface area contributed by atoms with E-state index in [1.54, 1.807) is 30.3 Å². The lowest BCUT2D eigenvalue weighted by molar-refractivity contribution is -0.121. The Kier molecular flexibility index (Phi) is 8.89. The fourth-order valence-corrected chi connectivity index (χ4v) is 6.80. The van der Waals surface area contributed by atoms with Crippen LogP contribution in [0.5, 0.6) is 0 Å². The molecule has 0 aliphatic heterocycles.